The highest BCUT2D eigenvalue weighted by molar-refractivity contribution is 5.94. The van der Waals surface area contributed by atoms with Crippen LogP contribution in [0.1, 0.15) is 48.5 Å². The fourth-order valence-corrected chi connectivity index (χ4v) is 4.57. The molecule has 2 amide bonds. The minimum Gasteiger partial charge on any atom is -0.497 e. The molecule has 1 fully saturated rings. The lowest BCUT2D eigenvalue weighted by Crippen LogP contribution is -2.44. The van der Waals surface area contributed by atoms with Crippen LogP contribution in [0.3, 0.4) is 0 Å². The first-order valence-corrected chi connectivity index (χ1v) is 10.8. The van der Waals surface area contributed by atoms with E-state index in [2.05, 4.69) is 17.4 Å². The molecular weight excluding hydrogens is 392 g/mol. The number of hydrogen-bond acceptors (Lipinski definition) is 4. The number of hydrogen-bond donors (Lipinski definition) is 2. The van der Waals surface area contributed by atoms with Gasteiger partial charge in [0.1, 0.15) is 5.75 Å². The second-order valence-electron chi connectivity index (χ2n) is 8.42. The highest BCUT2D eigenvalue weighted by Gasteiger charge is 2.40. The van der Waals surface area contributed by atoms with Crippen LogP contribution in [0.25, 0.3) is 0 Å². The summed E-state index contributed by atoms with van der Waals surface area (Å²) in [6.07, 6.45) is 2.05. The quantitative estimate of drug-likeness (QED) is 0.699. The van der Waals surface area contributed by atoms with Crippen LogP contribution in [-0.4, -0.2) is 54.7 Å². The van der Waals surface area contributed by atoms with Crippen molar-refractivity contribution < 1.29 is 19.4 Å². The summed E-state index contributed by atoms with van der Waals surface area (Å²) >= 11 is 0. The number of ether oxygens (including phenoxy) is 1. The molecule has 31 heavy (non-hydrogen) atoms. The van der Waals surface area contributed by atoms with Gasteiger partial charge in [-0.05, 0) is 49.4 Å². The van der Waals surface area contributed by atoms with Crippen molar-refractivity contribution in [2.45, 2.75) is 50.2 Å². The van der Waals surface area contributed by atoms with E-state index in [1.165, 1.54) is 6.92 Å². The van der Waals surface area contributed by atoms with Gasteiger partial charge in [-0.25, -0.2) is 0 Å². The number of benzene rings is 2. The predicted octanol–water partition coefficient (Wildman–Crippen LogP) is 3.14. The average Bonchev–Trinajstić information content (AvgIpc) is 2.97. The molecule has 0 unspecified atom stereocenters. The number of carbonyl (C=O) groups is 2. The summed E-state index contributed by atoms with van der Waals surface area (Å²) in [6, 6.07) is 16.9. The number of amides is 2. The number of nitrogens with one attached hydrogen (secondary N) is 1. The van der Waals surface area contributed by atoms with Gasteiger partial charge in [-0.1, -0.05) is 36.4 Å². The van der Waals surface area contributed by atoms with E-state index in [-0.39, 0.29) is 23.3 Å². The van der Waals surface area contributed by atoms with Crippen molar-refractivity contribution in [1.82, 2.24) is 10.2 Å². The third kappa shape index (κ3) is 5.25. The molecule has 0 aromatic heterocycles. The van der Waals surface area contributed by atoms with Crippen molar-refractivity contribution in [2.75, 3.05) is 20.7 Å². The van der Waals surface area contributed by atoms with Crippen molar-refractivity contribution in [3.63, 3.8) is 0 Å². The molecule has 0 saturated heterocycles. The van der Waals surface area contributed by atoms with Crippen molar-refractivity contribution in [1.29, 1.82) is 0 Å². The van der Waals surface area contributed by atoms with Crippen LogP contribution in [0.5, 0.6) is 5.75 Å². The van der Waals surface area contributed by atoms with Crippen LogP contribution in [0.15, 0.2) is 54.6 Å². The number of aliphatic hydroxyl groups excluding tert-OH is 1. The van der Waals surface area contributed by atoms with Crippen molar-refractivity contribution >= 4 is 11.8 Å². The van der Waals surface area contributed by atoms with E-state index in [0.717, 1.165) is 18.4 Å². The minimum absolute atomic E-state index is 0.0676. The predicted molar refractivity (Wildman–Crippen MR) is 120 cm³/mol. The standard InChI is InChI=1S/C25H32N2O4/c1-18(28)26-17-25(20-9-5-4-6-10-20)14-12-22(23(29)13-15-25)27(2)24(30)19-8-7-11-21(16-19)31-3/h4-11,16,22-23,29H,12-15,17H2,1-3H3,(H,26,28)/t22-,23-,25-/m1/s1. The molecule has 0 spiro atoms. The summed E-state index contributed by atoms with van der Waals surface area (Å²) in [4.78, 5) is 26.4. The topological polar surface area (TPSA) is 78.9 Å². The lowest BCUT2D eigenvalue weighted by molar-refractivity contribution is -0.119. The highest BCUT2D eigenvalue weighted by Crippen LogP contribution is 2.39. The highest BCUT2D eigenvalue weighted by atomic mass is 16.5. The first kappa shape index (κ1) is 22.8. The van der Waals surface area contributed by atoms with Crippen LogP contribution < -0.4 is 10.1 Å². The molecule has 0 radical (unpaired) electrons. The fourth-order valence-electron chi connectivity index (χ4n) is 4.57. The molecule has 1 aliphatic carbocycles. The van der Waals surface area contributed by atoms with Crippen LogP contribution in [0.4, 0.5) is 0 Å². The van der Waals surface area contributed by atoms with E-state index < -0.39 is 6.10 Å². The van der Waals surface area contributed by atoms with Gasteiger partial charge in [-0.2, -0.15) is 0 Å². The average molecular weight is 425 g/mol. The second kappa shape index (κ2) is 9.96. The van der Waals surface area contributed by atoms with Gasteiger partial charge < -0.3 is 20.1 Å². The normalized spacial score (nSPS) is 23.5. The third-order valence-electron chi connectivity index (χ3n) is 6.48. The van der Waals surface area contributed by atoms with E-state index >= 15 is 0 Å². The largest absolute Gasteiger partial charge is 0.497 e. The van der Waals surface area contributed by atoms with Gasteiger partial charge in [0.15, 0.2) is 0 Å². The number of aliphatic hydroxyl groups is 1. The van der Waals surface area contributed by atoms with E-state index in [4.69, 9.17) is 4.74 Å². The Bertz CT molecular complexity index is 901. The Labute approximate surface area is 184 Å². The maximum Gasteiger partial charge on any atom is 0.254 e. The molecule has 166 valence electrons. The van der Waals surface area contributed by atoms with E-state index in [1.54, 1.807) is 43.3 Å². The van der Waals surface area contributed by atoms with Gasteiger partial charge in [-0.15, -0.1) is 0 Å². The molecule has 0 heterocycles. The molecule has 2 N–H and O–H groups in total. The Hall–Kier alpha value is -2.86. The monoisotopic (exact) mass is 424 g/mol. The van der Waals surface area contributed by atoms with Crippen molar-refractivity contribution in [3.05, 3.63) is 65.7 Å². The molecule has 2 aromatic carbocycles. The van der Waals surface area contributed by atoms with Crippen LogP contribution in [0, 0.1) is 0 Å². The molecule has 1 aliphatic rings. The van der Waals surface area contributed by atoms with Gasteiger partial charge in [0.25, 0.3) is 5.91 Å². The maximum atomic E-state index is 13.1. The summed E-state index contributed by atoms with van der Waals surface area (Å²) < 4.78 is 5.24. The summed E-state index contributed by atoms with van der Waals surface area (Å²) in [5.74, 6) is 0.415. The Balaban J connectivity index is 1.83. The van der Waals surface area contributed by atoms with Crippen LogP contribution >= 0.6 is 0 Å². The lowest BCUT2D eigenvalue weighted by atomic mass is 9.74. The zero-order valence-electron chi connectivity index (χ0n) is 18.5. The summed E-state index contributed by atoms with van der Waals surface area (Å²) in [5.41, 5.74) is 1.41. The first-order chi connectivity index (χ1) is 14.9. The van der Waals surface area contributed by atoms with Gasteiger partial charge >= 0.3 is 0 Å². The molecule has 1 saturated carbocycles. The smallest absolute Gasteiger partial charge is 0.254 e. The molecular formula is C25H32N2O4. The van der Waals surface area contributed by atoms with Crippen LogP contribution in [0.2, 0.25) is 0 Å². The number of carbonyl (C=O) groups excluding carboxylic acids is 2. The Morgan fingerprint density at radius 3 is 2.52 bits per heavy atom. The number of methoxy groups -OCH3 is 1. The van der Waals surface area contributed by atoms with Gasteiger partial charge in [0.2, 0.25) is 5.91 Å². The van der Waals surface area contributed by atoms with Crippen molar-refractivity contribution in [3.8, 4) is 5.75 Å². The van der Waals surface area contributed by atoms with Crippen LogP contribution in [-0.2, 0) is 10.2 Å². The van der Waals surface area contributed by atoms with E-state index in [1.807, 2.05) is 18.2 Å². The second-order valence-corrected chi connectivity index (χ2v) is 8.42. The van der Waals surface area contributed by atoms with Gasteiger partial charge in [0, 0.05) is 31.5 Å². The molecule has 6 nitrogen and oxygen atoms in total. The molecule has 0 bridgehead atoms. The Morgan fingerprint density at radius 2 is 1.84 bits per heavy atom. The number of likely N-dealkylation sites (N-methyl/N-ethyl adjacent to an activating group) is 1. The molecule has 6 heteroatoms. The van der Waals surface area contributed by atoms with E-state index in [9.17, 15) is 14.7 Å². The SMILES string of the molecule is COc1cccc(C(=O)N(C)[C@@H]2CC[C@@](CNC(C)=O)(c3ccccc3)CC[C@H]2O)c1. The van der Waals surface area contributed by atoms with Gasteiger partial charge in [0.05, 0.1) is 19.3 Å². The van der Waals surface area contributed by atoms with Gasteiger partial charge in [-0.3, -0.25) is 9.59 Å². The Morgan fingerprint density at radius 1 is 1.13 bits per heavy atom. The summed E-state index contributed by atoms with van der Waals surface area (Å²) in [6.45, 7) is 2.03. The molecule has 2 aromatic rings. The number of rotatable bonds is 6. The zero-order valence-corrected chi connectivity index (χ0v) is 18.5. The third-order valence-corrected chi connectivity index (χ3v) is 6.48. The minimum atomic E-state index is -0.637. The van der Waals surface area contributed by atoms with Crippen molar-refractivity contribution in [2.24, 2.45) is 0 Å². The zero-order chi connectivity index (χ0) is 22.4. The molecule has 3 rings (SSSR count). The summed E-state index contributed by atoms with van der Waals surface area (Å²) in [5, 5.41) is 14.0. The molecule has 0 aliphatic heterocycles. The first-order valence-electron chi connectivity index (χ1n) is 10.8. The number of nitrogens with zero attached hydrogens (tertiary/aromatic N) is 1. The van der Waals surface area contributed by atoms with E-state index in [0.29, 0.717) is 30.7 Å². The maximum absolute atomic E-state index is 13.1. The summed E-state index contributed by atoms with van der Waals surface area (Å²) in [7, 11) is 3.32. The fraction of sp³-hybridized carbons (Fsp3) is 0.440. The lowest BCUT2D eigenvalue weighted by Gasteiger charge is -2.34. The Kier molecular flexibility index (Phi) is 7.33. The molecule has 3 atom stereocenters.